The van der Waals surface area contributed by atoms with E-state index in [1.807, 2.05) is 31.3 Å². The molecule has 0 unspecified atom stereocenters. The van der Waals surface area contributed by atoms with Gasteiger partial charge in [0.2, 0.25) is 5.89 Å². The molecule has 102 valence electrons. The fourth-order valence-electron chi connectivity index (χ4n) is 1.85. The van der Waals surface area contributed by atoms with Crippen LogP contribution >= 0.6 is 11.6 Å². The second kappa shape index (κ2) is 6.70. The average Bonchev–Trinajstić information content (AvgIpc) is 2.85. The van der Waals surface area contributed by atoms with Crippen LogP contribution in [0.1, 0.15) is 12.1 Å². The maximum absolute atomic E-state index is 5.95. The fourth-order valence-corrected chi connectivity index (χ4v) is 2.04. The average molecular weight is 280 g/mol. The van der Waals surface area contributed by atoms with Crippen LogP contribution in [0.2, 0.25) is 5.02 Å². The highest BCUT2D eigenvalue weighted by Crippen LogP contribution is 2.22. The lowest BCUT2D eigenvalue weighted by Gasteiger charge is -2.13. The van der Waals surface area contributed by atoms with Gasteiger partial charge < -0.3 is 15.1 Å². The van der Waals surface area contributed by atoms with E-state index >= 15 is 0 Å². The Bertz CT molecular complexity index is 527. The first-order chi connectivity index (χ1) is 9.19. The van der Waals surface area contributed by atoms with Crippen molar-refractivity contribution in [3.63, 3.8) is 0 Å². The Hall–Kier alpha value is -1.36. The molecule has 5 heteroatoms. The second-order valence-electron chi connectivity index (χ2n) is 4.53. The molecule has 0 saturated carbocycles. The highest BCUT2D eigenvalue weighted by molar-refractivity contribution is 6.30. The van der Waals surface area contributed by atoms with E-state index in [0.717, 1.165) is 30.8 Å². The SMILES string of the molecule is CN(CCCN)Cc1coc(-c2cccc(Cl)c2)n1. The van der Waals surface area contributed by atoms with Gasteiger partial charge in [-0.1, -0.05) is 17.7 Å². The molecule has 1 heterocycles. The van der Waals surface area contributed by atoms with E-state index in [9.17, 15) is 0 Å². The van der Waals surface area contributed by atoms with Gasteiger partial charge in [0.05, 0.1) is 5.69 Å². The molecule has 19 heavy (non-hydrogen) atoms. The van der Waals surface area contributed by atoms with Crippen LogP contribution in [0.25, 0.3) is 11.5 Å². The third-order valence-corrected chi connectivity index (χ3v) is 3.03. The van der Waals surface area contributed by atoms with Crippen molar-refractivity contribution in [2.45, 2.75) is 13.0 Å². The summed E-state index contributed by atoms with van der Waals surface area (Å²) in [4.78, 5) is 6.64. The first kappa shape index (κ1) is 14.1. The van der Waals surface area contributed by atoms with Crippen molar-refractivity contribution in [3.05, 3.63) is 41.2 Å². The van der Waals surface area contributed by atoms with E-state index in [1.54, 1.807) is 6.26 Å². The van der Waals surface area contributed by atoms with Gasteiger partial charge in [-0.3, -0.25) is 0 Å². The summed E-state index contributed by atoms with van der Waals surface area (Å²) in [5.74, 6) is 0.602. The van der Waals surface area contributed by atoms with Gasteiger partial charge in [-0.05, 0) is 44.8 Å². The van der Waals surface area contributed by atoms with Gasteiger partial charge in [-0.25, -0.2) is 4.98 Å². The number of hydrogen-bond donors (Lipinski definition) is 1. The van der Waals surface area contributed by atoms with Crippen LogP contribution < -0.4 is 5.73 Å². The molecule has 0 atom stereocenters. The Morgan fingerprint density at radius 3 is 3.00 bits per heavy atom. The minimum atomic E-state index is 0.602. The lowest BCUT2D eigenvalue weighted by Crippen LogP contribution is -2.21. The number of rotatable bonds is 6. The number of oxazole rings is 1. The number of nitrogens with zero attached hydrogens (tertiary/aromatic N) is 2. The van der Waals surface area contributed by atoms with Crippen molar-refractivity contribution >= 4 is 11.6 Å². The molecule has 0 saturated heterocycles. The van der Waals surface area contributed by atoms with Gasteiger partial charge in [0.15, 0.2) is 0 Å². The number of benzene rings is 1. The molecule has 0 fully saturated rings. The summed E-state index contributed by atoms with van der Waals surface area (Å²) >= 11 is 5.95. The third kappa shape index (κ3) is 4.06. The lowest BCUT2D eigenvalue weighted by atomic mass is 10.2. The zero-order valence-corrected chi connectivity index (χ0v) is 11.7. The van der Waals surface area contributed by atoms with Crippen LogP contribution in [-0.2, 0) is 6.54 Å². The summed E-state index contributed by atoms with van der Waals surface area (Å²) in [6, 6.07) is 7.49. The fraction of sp³-hybridized carbons (Fsp3) is 0.357. The van der Waals surface area contributed by atoms with Crippen LogP contribution in [0.3, 0.4) is 0 Å². The first-order valence-electron chi connectivity index (χ1n) is 6.28. The number of hydrogen-bond acceptors (Lipinski definition) is 4. The molecule has 2 aromatic rings. The lowest BCUT2D eigenvalue weighted by molar-refractivity contribution is 0.320. The van der Waals surface area contributed by atoms with Crippen molar-refractivity contribution in [2.75, 3.05) is 20.1 Å². The van der Waals surface area contributed by atoms with E-state index in [-0.39, 0.29) is 0 Å². The predicted molar refractivity (Wildman–Crippen MR) is 77.0 cm³/mol. The molecule has 2 rings (SSSR count). The van der Waals surface area contributed by atoms with E-state index < -0.39 is 0 Å². The minimum absolute atomic E-state index is 0.602. The molecule has 1 aromatic carbocycles. The van der Waals surface area contributed by atoms with Crippen LogP contribution in [0.4, 0.5) is 0 Å². The van der Waals surface area contributed by atoms with Crippen LogP contribution in [0.15, 0.2) is 34.9 Å². The highest BCUT2D eigenvalue weighted by Gasteiger charge is 2.08. The van der Waals surface area contributed by atoms with Crippen molar-refractivity contribution in [3.8, 4) is 11.5 Å². The standard InChI is InChI=1S/C14H18ClN3O/c1-18(7-3-6-16)9-13-10-19-14(17-13)11-4-2-5-12(15)8-11/h2,4-5,8,10H,3,6-7,9,16H2,1H3. The van der Waals surface area contributed by atoms with Gasteiger partial charge in [-0.2, -0.15) is 0 Å². The Morgan fingerprint density at radius 2 is 2.26 bits per heavy atom. The summed E-state index contributed by atoms with van der Waals surface area (Å²) in [5, 5.41) is 0.678. The summed E-state index contributed by atoms with van der Waals surface area (Å²) in [7, 11) is 2.05. The summed E-state index contributed by atoms with van der Waals surface area (Å²) in [6.45, 7) is 2.41. The summed E-state index contributed by atoms with van der Waals surface area (Å²) in [5.41, 5.74) is 7.29. The van der Waals surface area contributed by atoms with Crippen LogP contribution in [-0.4, -0.2) is 30.0 Å². The molecule has 0 amide bonds. The number of nitrogens with two attached hydrogens (primary N) is 1. The molecule has 0 spiro atoms. The van der Waals surface area contributed by atoms with E-state index in [1.165, 1.54) is 0 Å². The Balaban J connectivity index is 2.03. The monoisotopic (exact) mass is 279 g/mol. The van der Waals surface area contributed by atoms with Crippen molar-refractivity contribution in [1.29, 1.82) is 0 Å². The van der Waals surface area contributed by atoms with E-state index in [2.05, 4.69) is 9.88 Å². The molecular weight excluding hydrogens is 262 g/mol. The third-order valence-electron chi connectivity index (χ3n) is 2.80. The molecule has 2 N–H and O–H groups in total. The van der Waals surface area contributed by atoms with Gasteiger partial charge >= 0.3 is 0 Å². The zero-order chi connectivity index (χ0) is 13.7. The van der Waals surface area contributed by atoms with Gasteiger partial charge in [0, 0.05) is 17.1 Å². The maximum Gasteiger partial charge on any atom is 0.226 e. The molecule has 4 nitrogen and oxygen atoms in total. The molecular formula is C14H18ClN3O. The molecule has 0 radical (unpaired) electrons. The Morgan fingerprint density at radius 1 is 1.42 bits per heavy atom. The maximum atomic E-state index is 5.95. The van der Waals surface area contributed by atoms with Crippen LogP contribution in [0, 0.1) is 0 Å². The molecule has 0 aliphatic carbocycles. The van der Waals surface area contributed by atoms with Gasteiger partial charge in [0.1, 0.15) is 6.26 Å². The summed E-state index contributed by atoms with van der Waals surface area (Å²) in [6.07, 6.45) is 2.67. The van der Waals surface area contributed by atoms with Gasteiger partial charge in [-0.15, -0.1) is 0 Å². The quantitative estimate of drug-likeness (QED) is 0.883. The number of halogens is 1. The van der Waals surface area contributed by atoms with Crippen molar-refractivity contribution < 1.29 is 4.42 Å². The zero-order valence-electron chi connectivity index (χ0n) is 11.0. The highest BCUT2D eigenvalue weighted by atomic mass is 35.5. The largest absolute Gasteiger partial charge is 0.444 e. The van der Waals surface area contributed by atoms with Crippen molar-refractivity contribution in [1.82, 2.24) is 9.88 Å². The topological polar surface area (TPSA) is 55.3 Å². The molecule has 0 bridgehead atoms. The van der Waals surface area contributed by atoms with E-state index in [4.69, 9.17) is 21.8 Å². The van der Waals surface area contributed by atoms with Gasteiger partial charge in [0.25, 0.3) is 0 Å². The molecule has 0 aliphatic heterocycles. The Kier molecular flexibility index (Phi) is 4.96. The van der Waals surface area contributed by atoms with Crippen molar-refractivity contribution in [2.24, 2.45) is 5.73 Å². The van der Waals surface area contributed by atoms with E-state index in [0.29, 0.717) is 17.5 Å². The minimum Gasteiger partial charge on any atom is -0.444 e. The second-order valence-corrected chi connectivity index (χ2v) is 4.97. The molecule has 0 aliphatic rings. The first-order valence-corrected chi connectivity index (χ1v) is 6.66. The summed E-state index contributed by atoms with van der Waals surface area (Å²) < 4.78 is 5.49. The Labute approximate surface area is 118 Å². The predicted octanol–water partition coefficient (Wildman–Crippen LogP) is 2.78. The normalized spacial score (nSPS) is 11.2. The van der Waals surface area contributed by atoms with Crippen LogP contribution in [0.5, 0.6) is 0 Å². The smallest absolute Gasteiger partial charge is 0.226 e. The number of aromatic nitrogens is 1. The molecule has 1 aromatic heterocycles.